The molecule has 1 saturated heterocycles. The van der Waals surface area contributed by atoms with Crippen LogP contribution in [0.25, 0.3) is 16.7 Å². The number of fused-ring (bicyclic) bond motifs is 1. The summed E-state index contributed by atoms with van der Waals surface area (Å²) in [4.78, 5) is 22.5. The van der Waals surface area contributed by atoms with Gasteiger partial charge >= 0.3 is 0 Å². The summed E-state index contributed by atoms with van der Waals surface area (Å²) in [6, 6.07) is 17.3. The molecule has 0 atom stereocenters. The van der Waals surface area contributed by atoms with Crippen molar-refractivity contribution in [1.29, 1.82) is 0 Å². The zero-order chi connectivity index (χ0) is 22.1. The van der Waals surface area contributed by atoms with Gasteiger partial charge in [0.25, 0.3) is 5.91 Å². The molecule has 2 fully saturated rings. The van der Waals surface area contributed by atoms with E-state index in [1.165, 1.54) is 32.1 Å². The number of imidazole rings is 1. The average Bonchev–Trinajstić information content (AvgIpc) is 3.19. The Morgan fingerprint density at radius 2 is 1.62 bits per heavy atom. The second-order valence-electron chi connectivity index (χ2n) is 9.51. The van der Waals surface area contributed by atoms with Crippen molar-refractivity contribution in [2.45, 2.75) is 64.0 Å². The van der Waals surface area contributed by atoms with Crippen LogP contribution < -0.4 is 0 Å². The Morgan fingerprint density at radius 3 is 2.34 bits per heavy atom. The number of carbonyl (C=O) groups excluding carboxylic acids is 1. The van der Waals surface area contributed by atoms with Crippen LogP contribution in [0.1, 0.15) is 61.1 Å². The summed E-state index contributed by atoms with van der Waals surface area (Å²) in [5.74, 6) is 1.08. The fourth-order valence-electron chi connectivity index (χ4n) is 5.68. The summed E-state index contributed by atoms with van der Waals surface area (Å²) in [5, 5.41) is 0. The van der Waals surface area contributed by atoms with Crippen LogP contribution in [0.15, 0.2) is 48.5 Å². The van der Waals surface area contributed by atoms with Crippen molar-refractivity contribution in [3.8, 4) is 5.69 Å². The van der Waals surface area contributed by atoms with Crippen LogP contribution >= 0.6 is 0 Å². The fraction of sp³-hybridized carbons (Fsp3) is 0.481. The number of piperidine rings is 1. The van der Waals surface area contributed by atoms with Gasteiger partial charge in [0.2, 0.25) is 0 Å². The van der Waals surface area contributed by atoms with Crippen LogP contribution in [0.2, 0.25) is 0 Å². The third-order valence-corrected chi connectivity index (χ3v) is 7.56. The normalized spacial score (nSPS) is 18.8. The topological polar surface area (TPSA) is 41.4 Å². The summed E-state index contributed by atoms with van der Waals surface area (Å²) in [6.07, 6.45) is 9.05. The predicted octanol–water partition coefficient (Wildman–Crippen LogP) is 5.20. The zero-order valence-corrected chi connectivity index (χ0v) is 19.3. The summed E-state index contributed by atoms with van der Waals surface area (Å²) in [5.41, 5.74) is 3.87. The second kappa shape index (κ2) is 9.07. The molecule has 1 aliphatic carbocycles. The lowest BCUT2D eigenvalue weighted by molar-refractivity contribution is 0.0559. The van der Waals surface area contributed by atoms with Gasteiger partial charge in [0.15, 0.2) is 0 Å². The number of aryl methyl sites for hydroxylation is 1. The molecule has 1 aromatic heterocycles. The summed E-state index contributed by atoms with van der Waals surface area (Å²) >= 11 is 0. The van der Waals surface area contributed by atoms with Gasteiger partial charge in [0.1, 0.15) is 5.82 Å². The van der Waals surface area contributed by atoms with Gasteiger partial charge in [-0.3, -0.25) is 9.36 Å². The first-order chi connectivity index (χ1) is 15.6. The van der Waals surface area contributed by atoms with E-state index in [1.807, 2.05) is 61.3 Å². The van der Waals surface area contributed by atoms with Gasteiger partial charge in [-0.15, -0.1) is 0 Å². The number of benzene rings is 2. The molecule has 5 heteroatoms. The highest BCUT2D eigenvalue weighted by Gasteiger charge is 2.29. The van der Waals surface area contributed by atoms with Crippen LogP contribution in [0.4, 0.5) is 0 Å². The van der Waals surface area contributed by atoms with Crippen molar-refractivity contribution in [2.24, 2.45) is 0 Å². The second-order valence-corrected chi connectivity index (χ2v) is 9.51. The van der Waals surface area contributed by atoms with Crippen molar-refractivity contribution < 1.29 is 4.79 Å². The Hall–Kier alpha value is -2.66. The molecule has 0 unspecified atom stereocenters. The maximum Gasteiger partial charge on any atom is 0.253 e. The maximum atomic E-state index is 13.2. The number of hydrogen-bond donors (Lipinski definition) is 0. The van der Waals surface area contributed by atoms with Gasteiger partial charge in [0, 0.05) is 43.5 Å². The molecule has 0 bridgehead atoms. The van der Waals surface area contributed by atoms with Crippen LogP contribution in [0.3, 0.4) is 0 Å². The van der Waals surface area contributed by atoms with Crippen molar-refractivity contribution in [1.82, 2.24) is 19.4 Å². The molecule has 32 heavy (non-hydrogen) atoms. The van der Waals surface area contributed by atoms with Gasteiger partial charge < -0.3 is 9.80 Å². The van der Waals surface area contributed by atoms with E-state index in [0.717, 1.165) is 60.1 Å². The average molecular weight is 431 g/mol. The van der Waals surface area contributed by atoms with Crippen LogP contribution in [-0.4, -0.2) is 57.5 Å². The Labute approximate surface area is 191 Å². The first-order valence-electron chi connectivity index (χ1n) is 12.2. The molecule has 1 aliphatic heterocycles. The number of likely N-dealkylation sites (tertiary alicyclic amines) is 1. The molecule has 168 valence electrons. The molecule has 2 aliphatic rings. The zero-order valence-electron chi connectivity index (χ0n) is 19.3. The monoisotopic (exact) mass is 430 g/mol. The molecule has 5 nitrogen and oxygen atoms in total. The standard InChI is InChI=1S/C27H34N4O/c1-20-28-25-10-6-7-11-26(25)31(20)24-14-12-21(13-15-24)27(32)29(2)22-16-18-30(19-17-22)23-8-4-3-5-9-23/h6-7,10-15,22-23H,3-5,8-9,16-19H2,1-2H3. The highest BCUT2D eigenvalue weighted by atomic mass is 16.2. The quantitative estimate of drug-likeness (QED) is 0.571. The van der Waals surface area contributed by atoms with E-state index < -0.39 is 0 Å². The van der Waals surface area contributed by atoms with E-state index in [0.29, 0.717) is 6.04 Å². The van der Waals surface area contributed by atoms with Crippen LogP contribution in [0, 0.1) is 6.92 Å². The Kier molecular flexibility index (Phi) is 6.01. The predicted molar refractivity (Wildman–Crippen MR) is 129 cm³/mol. The minimum atomic E-state index is 0.125. The fourth-order valence-corrected chi connectivity index (χ4v) is 5.68. The van der Waals surface area contributed by atoms with E-state index in [2.05, 4.69) is 20.5 Å². The summed E-state index contributed by atoms with van der Waals surface area (Å²) in [6.45, 7) is 4.27. The lowest BCUT2D eigenvalue weighted by Crippen LogP contribution is -2.49. The Balaban J connectivity index is 1.25. The van der Waals surface area contributed by atoms with E-state index >= 15 is 0 Å². The van der Waals surface area contributed by atoms with E-state index in [-0.39, 0.29) is 5.91 Å². The molecule has 0 spiro atoms. The molecule has 2 heterocycles. The molecular formula is C27H34N4O. The van der Waals surface area contributed by atoms with E-state index in [4.69, 9.17) is 0 Å². The first kappa shape index (κ1) is 21.2. The maximum absolute atomic E-state index is 13.2. The third-order valence-electron chi connectivity index (χ3n) is 7.56. The number of rotatable bonds is 4. The Bertz CT molecular complexity index is 1070. The molecule has 1 saturated carbocycles. The summed E-state index contributed by atoms with van der Waals surface area (Å²) < 4.78 is 2.15. The van der Waals surface area contributed by atoms with Gasteiger partial charge in [-0.25, -0.2) is 4.98 Å². The molecular weight excluding hydrogens is 396 g/mol. The number of nitrogens with zero attached hydrogens (tertiary/aromatic N) is 4. The van der Waals surface area contributed by atoms with Crippen molar-refractivity contribution in [3.63, 3.8) is 0 Å². The van der Waals surface area contributed by atoms with E-state index in [1.54, 1.807) is 0 Å². The third kappa shape index (κ3) is 4.06. The lowest BCUT2D eigenvalue weighted by Gasteiger charge is -2.41. The van der Waals surface area contributed by atoms with Gasteiger partial charge in [0.05, 0.1) is 11.0 Å². The van der Waals surface area contributed by atoms with Crippen molar-refractivity contribution in [2.75, 3.05) is 20.1 Å². The molecule has 2 aromatic carbocycles. The highest BCUT2D eigenvalue weighted by Crippen LogP contribution is 2.27. The SMILES string of the molecule is Cc1nc2ccccc2n1-c1ccc(C(=O)N(C)C2CCN(C3CCCCC3)CC2)cc1. The van der Waals surface area contributed by atoms with Gasteiger partial charge in [-0.05, 0) is 69.0 Å². The smallest absolute Gasteiger partial charge is 0.253 e. The van der Waals surface area contributed by atoms with Crippen molar-refractivity contribution in [3.05, 3.63) is 59.9 Å². The number of para-hydroxylation sites is 2. The number of aromatic nitrogens is 2. The molecule has 1 amide bonds. The molecule has 0 N–H and O–H groups in total. The minimum Gasteiger partial charge on any atom is -0.339 e. The number of amides is 1. The number of hydrogen-bond acceptors (Lipinski definition) is 3. The largest absolute Gasteiger partial charge is 0.339 e. The van der Waals surface area contributed by atoms with Gasteiger partial charge in [-0.1, -0.05) is 31.4 Å². The first-order valence-corrected chi connectivity index (χ1v) is 12.2. The lowest BCUT2D eigenvalue weighted by atomic mass is 9.92. The van der Waals surface area contributed by atoms with Crippen LogP contribution in [-0.2, 0) is 0 Å². The van der Waals surface area contributed by atoms with Gasteiger partial charge in [-0.2, -0.15) is 0 Å². The number of carbonyl (C=O) groups is 1. The minimum absolute atomic E-state index is 0.125. The Morgan fingerprint density at radius 1 is 0.938 bits per heavy atom. The molecule has 0 radical (unpaired) electrons. The van der Waals surface area contributed by atoms with Crippen molar-refractivity contribution >= 4 is 16.9 Å². The highest BCUT2D eigenvalue weighted by molar-refractivity contribution is 5.94. The summed E-state index contributed by atoms with van der Waals surface area (Å²) in [7, 11) is 1.98. The molecule has 5 rings (SSSR count). The van der Waals surface area contributed by atoms with E-state index in [9.17, 15) is 4.79 Å². The molecule has 3 aromatic rings. The van der Waals surface area contributed by atoms with Crippen LogP contribution in [0.5, 0.6) is 0 Å².